The zero-order chi connectivity index (χ0) is 19.9. The Kier molecular flexibility index (Phi) is 6.90. The van der Waals surface area contributed by atoms with Gasteiger partial charge in [-0.3, -0.25) is 14.4 Å². The number of aliphatic carboxylic acids is 1. The maximum atomic E-state index is 12.6. The fourth-order valence-corrected chi connectivity index (χ4v) is 4.00. The molecule has 1 unspecified atom stereocenters. The van der Waals surface area contributed by atoms with Gasteiger partial charge < -0.3 is 20.1 Å². The van der Waals surface area contributed by atoms with Crippen molar-refractivity contribution >= 4 is 17.8 Å². The van der Waals surface area contributed by atoms with E-state index in [0.29, 0.717) is 39.0 Å². The normalized spacial score (nSPS) is 24.6. The zero-order valence-electron chi connectivity index (χ0n) is 16.0. The number of piperidine rings is 1. The lowest BCUT2D eigenvalue weighted by Gasteiger charge is -2.32. The molecule has 28 heavy (non-hydrogen) atoms. The number of carboxylic acid groups (broad SMARTS) is 1. The van der Waals surface area contributed by atoms with E-state index in [1.807, 2.05) is 30.3 Å². The molecule has 3 atom stereocenters. The number of ether oxygens (including phenoxy) is 1. The molecule has 2 aliphatic rings. The van der Waals surface area contributed by atoms with E-state index in [4.69, 9.17) is 9.84 Å². The van der Waals surface area contributed by atoms with Crippen LogP contribution in [0.15, 0.2) is 30.3 Å². The highest BCUT2D eigenvalue weighted by molar-refractivity contribution is 5.81. The lowest BCUT2D eigenvalue weighted by atomic mass is 9.96. The van der Waals surface area contributed by atoms with Gasteiger partial charge in [-0.2, -0.15) is 0 Å². The molecule has 1 aliphatic carbocycles. The van der Waals surface area contributed by atoms with Gasteiger partial charge in [-0.15, -0.1) is 0 Å². The standard InChI is InChI=1S/C21H28N2O5/c24-19(10-12-28-18-6-2-1-3-7-18)23-11-4-5-16(14-23)20(25)22-17-9-8-15(13-17)21(26)27/h1-3,6-7,15-17H,4-5,8-14H2,(H,22,25)(H,26,27)/t15-,16?,17+/m0/s1. The summed E-state index contributed by atoms with van der Waals surface area (Å²) in [5.74, 6) is -0.698. The van der Waals surface area contributed by atoms with Gasteiger partial charge >= 0.3 is 5.97 Å². The summed E-state index contributed by atoms with van der Waals surface area (Å²) < 4.78 is 5.59. The Labute approximate surface area is 165 Å². The third-order valence-electron chi connectivity index (χ3n) is 5.60. The van der Waals surface area contributed by atoms with Crippen molar-refractivity contribution in [3.63, 3.8) is 0 Å². The average Bonchev–Trinajstić information content (AvgIpc) is 3.17. The second kappa shape index (κ2) is 9.57. The summed E-state index contributed by atoms with van der Waals surface area (Å²) >= 11 is 0. The Morgan fingerprint density at radius 3 is 2.61 bits per heavy atom. The molecule has 2 fully saturated rings. The number of rotatable bonds is 7. The van der Waals surface area contributed by atoms with Gasteiger partial charge in [0, 0.05) is 19.1 Å². The third kappa shape index (κ3) is 5.47. The molecule has 0 aromatic heterocycles. The maximum Gasteiger partial charge on any atom is 0.306 e. The zero-order valence-corrected chi connectivity index (χ0v) is 16.0. The molecule has 2 amide bonds. The monoisotopic (exact) mass is 388 g/mol. The number of carbonyl (C=O) groups is 3. The van der Waals surface area contributed by atoms with Crippen LogP contribution in [0.2, 0.25) is 0 Å². The summed E-state index contributed by atoms with van der Waals surface area (Å²) in [5.41, 5.74) is 0. The van der Waals surface area contributed by atoms with E-state index in [1.54, 1.807) is 4.90 Å². The molecular weight excluding hydrogens is 360 g/mol. The molecule has 1 aromatic carbocycles. The fraction of sp³-hybridized carbons (Fsp3) is 0.571. The van der Waals surface area contributed by atoms with Crippen molar-refractivity contribution < 1.29 is 24.2 Å². The lowest BCUT2D eigenvalue weighted by molar-refractivity contribution is -0.142. The van der Waals surface area contributed by atoms with Crippen LogP contribution in [0.1, 0.15) is 38.5 Å². The summed E-state index contributed by atoms with van der Waals surface area (Å²) in [7, 11) is 0. The lowest BCUT2D eigenvalue weighted by Crippen LogP contribution is -2.47. The van der Waals surface area contributed by atoms with E-state index in [9.17, 15) is 14.4 Å². The van der Waals surface area contributed by atoms with Gasteiger partial charge in [0.05, 0.1) is 24.9 Å². The number of hydrogen-bond acceptors (Lipinski definition) is 4. The number of nitrogens with zero attached hydrogens (tertiary/aromatic N) is 1. The molecule has 1 saturated heterocycles. The summed E-state index contributed by atoms with van der Waals surface area (Å²) in [6, 6.07) is 9.30. The number of benzene rings is 1. The van der Waals surface area contributed by atoms with Crippen LogP contribution in [0.3, 0.4) is 0 Å². The quantitative estimate of drug-likeness (QED) is 0.745. The van der Waals surface area contributed by atoms with Crippen LogP contribution in [0.4, 0.5) is 0 Å². The molecule has 1 aliphatic heterocycles. The maximum absolute atomic E-state index is 12.6. The van der Waals surface area contributed by atoms with Crippen molar-refractivity contribution in [3.05, 3.63) is 30.3 Å². The minimum absolute atomic E-state index is 0.000221. The highest BCUT2D eigenvalue weighted by Gasteiger charge is 2.33. The summed E-state index contributed by atoms with van der Waals surface area (Å²) in [6.07, 6.45) is 3.64. The van der Waals surface area contributed by atoms with Crippen LogP contribution in [0.25, 0.3) is 0 Å². The number of nitrogens with one attached hydrogen (secondary N) is 1. The SMILES string of the molecule is O=C(N[C@@H]1CC[C@H](C(=O)O)C1)C1CCCN(C(=O)CCOc2ccccc2)C1. The van der Waals surface area contributed by atoms with Crippen LogP contribution in [0.5, 0.6) is 5.75 Å². The number of amides is 2. The number of likely N-dealkylation sites (tertiary alicyclic amines) is 1. The van der Waals surface area contributed by atoms with Gasteiger partial charge in [0.2, 0.25) is 11.8 Å². The molecule has 7 heteroatoms. The van der Waals surface area contributed by atoms with Gasteiger partial charge in [0.25, 0.3) is 0 Å². The van der Waals surface area contributed by atoms with Crippen molar-refractivity contribution in [2.24, 2.45) is 11.8 Å². The Bertz CT molecular complexity index is 693. The van der Waals surface area contributed by atoms with E-state index < -0.39 is 5.97 Å². The van der Waals surface area contributed by atoms with Crippen molar-refractivity contribution in [2.45, 2.75) is 44.6 Å². The van der Waals surface area contributed by atoms with E-state index in [1.165, 1.54) is 0 Å². The van der Waals surface area contributed by atoms with Gasteiger partial charge in [0.15, 0.2) is 0 Å². The highest BCUT2D eigenvalue weighted by atomic mass is 16.5. The van der Waals surface area contributed by atoms with Crippen molar-refractivity contribution in [1.82, 2.24) is 10.2 Å². The predicted molar refractivity (Wildman–Crippen MR) is 103 cm³/mol. The van der Waals surface area contributed by atoms with E-state index in [2.05, 4.69) is 5.32 Å². The van der Waals surface area contributed by atoms with Gasteiger partial charge in [-0.1, -0.05) is 18.2 Å². The molecule has 3 rings (SSSR count). The highest BCUT2D eigenvalue weighted by Crippen LogP contribution is 2.26. The first-order chi connectivity index (χ1) is 13.5. The molecule has 1 aromatic rings. The minimum atomic E-state index is -0.788. The van der Waals surface area contributed by atoms with Crippen molar-refractivity contribution in [3.8, 4) is 5.75 Å². The molecular formula is C21H28N2O5. The Balaban J connectivity index is 1.42. The molecule has 1 heterocycles. The Hall–Kier alpha value is -2.57. The number of para-hydroxylation sites is 1. The van der Waals surface area contributed by atoms with E-state index in [-0.39, 0.29) is 36.1 Å². The van der Waals surface area contributed by atoms with Crippen LogP contribution in [-0.2, 0) is 14.4 Å². The second-order valence-electron chi connectivity index (χ2n) is 7.64. The van der Waals surface area contributed by atoms with Crippen LogP contribution >= 0.6 is 0 Å². The first kappa shape index (κ1) is 20.2. The molecule has 152 valence electrons. The van der Waals surface area contributed by atoms with Gasteiger partial charge in [-0.25, -0.2) is 0 Å². The molecule has 0 spiro atoms. The minimum Gasteiger partial charge on any atom is -0.493 e. The summed E-state index contributed by atoms with van der Waals surface area (Å²) in [6.45, 7) is 1.40. The second-order valence-corrected chi connectivity index (χ2v) is 7.64. The smallest absolute Gasteiger partial charge is 0.306 e. The first-order valence-corrected chi connectivity index (χ1v) is 10.0. The van der Waals surface area contributed by atoms with Crippen LogP contribution in [0, 0.1) is 11.8 Å². The summed E-state index contributed by atoms with van der Waals surface area (Å²) in [4.78, 5) is 37.9. The van der Waals surface area contributed by atoms with E-state index >= 15 is 0 Å². The average molecular weight is 388 g/mol. The van der Waals surface area contributed by atoms with Crippen LogP contribution < -0.4 is 10.1 Å². The van der Waals surface area contributed by atoms with Crippen molar-refractivity contribution in [2.75, 3.05) is 19.7 Å². The third-order valence-corrected chi connectivity index (χ3v) is 5.60. The van der Waals surface area contributed by atoms with Crippen LogP contribution in [-0.4, -0.2) is 53.5 Å². The molecule has 0 bridgehead atoms. The molecule has 2 N–H and O–H groups in total. The largest absolute Gasteiger partial charge is 0.493 e. The molecule has 7 nitrogen and oxygen atoms in total. The number of carbonyl (C=O) groups excluding carboxylic acids is 2. The number of carboxylic acids is 1. The number of hydrogen-bond donors (Lipinski definition) is 2. The molecule has 0 radical (unpaired) electrons. The Morgan fingerprint density at radius 2 is 1.89 bits per heavy atom. The predicted octanol–water partition coefficient (Wildman–Crippen LogP) is 2.06. The fourth-order valence-electron chi connectivity index (χ4n) is 4.00. The van der Waals surface area contributed by atoms with E-state index in [0.717, 1.165) is 18.6 Å². The summed E-state index contributed by atoms with van der Waals surface area (Å²) in [5, 5.41) is 12.1. The first-order valence-electron chi connectivity index (χ1n) is 10.0. The van der Waals surface area contributed by atoms with Gasteiger partial charge in [0.1, 0.15) is 5.75 Å². The van der Waals surface area contributed by atoms with Crippen molar-refractivity contribution in [1.29, 1.82) is 0 Å². The topological polar surface area (TPSA) is 95.9 Å². The molecule has 1 saturated carbocycles. The Morgan fingerprint density at radius 1 is 1.11 bits per heavy atom. The van der Waals surface area contributed by atoms with Gasteiger partial charge in [-0.05, 0) is 44.2 Å².